The molecule has 0 saturated heterocycles. The molecule has 0 aliphatic rings. The van der Waals surface area contributed by atoms with Gasteiger partial charge in [-0.1, -0.05) is 0 Å². The zero-order valence-corrected chi connectivity index (χ0v) is 17.9. The quantitative estimate of drug-likeness (QED) is 0.564. The zero-order valence-electron chi connectivity index (χ0n) is 17.9. The molecule has 0 unspecified atom stereocenters. The van der Waals surface area contributed by atoms with E-state index in [1.54, 1.807) is 20.8 Å². The molecule has 5 nitrogen and oxygen atoms in total. The summed E-state index contributed by atoms with van der Waals surface area (Å²) in [7, 11) is 1.30. The van der Waals surface area contributed by atoms with Crippen molar-refractivity contribution < 1.29 is 31.9 Å². The molecule has 1 amide bonds. The highest BCUT2D eigenvalue weighted by molar-refractivity contribution is 6.05. The third kappa shape index (κ3) is 4.46. The van der Waals surface area contributed by atoms with Gasteiger partial charge in [-0.3, -0.25) is 14.2 Å². The molecule has 0 bridgehead atoms. The second-order valence-electron chi connectivity index (χ2n) is 7.68. The summed E-state index contributed by atoms with van der Waals surface area (Å²) in [5, 5.41) is 3.21. The lowest BCUT2D eigenvalue weighted by molar-refractivity contribution is -0.137. The van der Waals surface area contributed by atoms with E-state index >= 15 is 0 Å². The lowest BCUT2D eigenvalue weighted by atomic mass is 10.1. The molecule has 0 saturated carbocycles. The Morgan fingerprint density at radius 1 is 1.12 bits per heavy atom. The number of methoxy groups -OCH3 is 1. The molecule has 2 aromatic carbocycles. The normalized spacial score (nSPS) is 11.8. The highest BCUT2D eigenvalue weighted by Crippen LogP contribution is 2.33. The molecule has 1 aromatic heterocycles. The number of benzene rings is 2. The number of hydrogen-bond donors (Lipinski definition) is 1. The molecule has 9 heteroatoms. The molecular formula is C23H22F4N2O3. The maximum absolute atomic E-state index is 14.5. The SMILES string of the molecule is COc1cc2c(CC(=O)NC(C)C)c(C)n(C(=O)c3ccc(C(F)(F)F)cc3)c2cc1F. The van der Waals surface area contributed by atoms with Gasteiger partial charge >= 0.3 is 6.18 Å². The lowest BCUT2D eigenvalue weighted by Gasteiger charge is -2.11. The summed E-state index contributed by atoms with van der Waals surface area (Å²) in [6.45, 7) is 5.21. The minimum Gasteiger partial charge on any atom is -0.494 e. The molecule has 0 aliphatic carbocycles. The molecule has 0 aliphatic heterocycles. The van der Waals surface area contributed by atoms with Crippen LogP contribution in [0.3, 0.4) is 0 Å². The van der Waals surface area contributed by atoms with E-state index in [1.165, 1.54) is 17.7 Å². The zero-order chi connectivity index (χ0) is 23.8. The summed E-state index contributed by atoms with van der Waals surface area (Å²) < 4.78 is 59.3. The summed E-state index contributed by atoms with van der Waals surface area (Å²) in [6.07, 6.45) is -4.60. The van der Waals surface area contributed by atoms with Gasteiger partial charge in [0.2, 0.25) is 5.91 Å². The number of carbonyl (C=O) groups is 2. The maximum atomic E-state index is 14.5. The van der Waals surface area contributed by atoms with Crippen molar-refractivity contribution in [1.82, 2.24) is 9.88 Å². The number of ether oxygens (including phenoxy) is 1. The van der Waals surface area contributed by atoms with Crippen molar-refractivity contribution in [1.29, 1.82) is 0 Å². The van der Waals surface area contributed by atoms with Crippen LogP contribution in [0.15, 0.2) is 36.4 Å². The number of aromatic nitrogens is 1. The van der Waals surface area contributed by atoms with Gasteiger partial charge in [0.25, 0.3) is 5.91 Å². The molecule has 0 fully saturated rings. The van der Waals surface area contributed by atoms with Gasteiger partial charge in [0, 0.05) is 28.8 Å². The van der Waals surface area contributed by atoms with E-state index in [2.05, 4.69) is 5.32 Å². The van der Waals surface area contributed by atoms with Crippen LogP contribution >= 0.6 is 0 Å². The van der Waals surface area contributed by atoms with Crippen LogP contribution in [0.1, 0.15) is 41.0 Å². The van der Waals surface area contributed by atoms with Crippen LogP contribution < -0.4 is 10.1 Å². The maximum Gasteiger partial charge on any atom is 0.416 e. The predicted molar refractivity (Wildman–Crippen MR) is 111 cm³/mol. The first-order valence-corrected chi connectivity index (χ1v) is 9.82. The van der Waals surface area contributed by atoms with Crippen molar-refractivity contribution in [3.8, 4) is 5.75 Å². The number of rotatable bonds is 5. The summed E-state index contributed by atoms with van der Waals surface area (Å²) in [6, 6.07) is 6.20. The Morgan fingerprint density at radius 3 is 2.28 bits per heavy atom. The minimum atomic E-state index is -4.53. The summed E-state index contributed by atoms with van der Waals surface area (Å²) in [4.78, 5) is 25.6. The summed E-state index contributed by atoms with van der Waals surface area (Å²) in [5.74, 6) is -1.69. The smallest absolute Gasteiger partial charge is 0.416 e. The first-order chi connectivity index (χ1) is 14.9. The van der Waals surface area contributed by atoms with Gasteiger partial charge in [-0.25, -0.2) is 4.39 Å². The number of alkyl halides is 3. The average Bonchev–Trinajstić information content (AvgIpc) is 2.96. The number of hydrogen-bond acceptors (Lipinski definition) is 3. The van der Waals surface area contributed by atoms with E-state index in [9.17, 15) is 27.2 Å². The molecule has 0 radical (unpaired) electrons. The second-order valence-corrected chi connectivity index (χ2v) is 7.68. The van der Waals surface area contributed by atoms with E-state index in [-0.39, 0.29) is 35.2 Å². The third-order valence-electron chi connectivity index (χ3n) is 5.06. The first-order valence-electron chi connectivity index (χ1n) is 9.82. The molecule has 1 heterocycles. The van der Waals surface area contributed by atoms with E-state index in [0.29, 0.717) is 16.6 Å². The Labute approximate surface area is 182 Å². The largest absolute Gasteiger partial charge is 0.494 e. The predicted octanol–water partition coefficient (Wildman–Crippen LogP) is 4.87. The Morgan fingerprint density at radius 2 is 1.75 bits per heavy atom. The molecule has 32 heavy (non-hydrogen) atoms. The van der Waals surface area contributed by atoms with Crippen LogP contribution in [0.25, 0.3) is 10.9 Å². The number of nitrogens with one attached hydrogen (secondary N) is 1. The fourth-order valence-corrected chi connectivity index (χ4v) is 3.59. The molecule has 0 atom stereocenters. The van der Waals surface area contributed by atoms with E-state index in [4.69, 9.17) is 4.74 Å². The van der Waals surface area contributed by atoms with Gasteiger partial charge in [-0.2, -0.15) is 13.2 Å². The van der Waals surface area contributed by atoms with Crippen LogP contribution in [0.2, 0.25) is 0 Å². The molecule has 0 spiro atoms. The Balaban J connectivity index is 2.15. The van der Waals surface area contributed by atoms with Gasteiger partial charge < -0.3 is 10.1 Å². The summed E-state index contributed by atoms with van der Waals surface area (Å²) >= 11 is 0. The lowest BCUT2D eigenvalue weighted by Crippen LogP contribution is -2.31. The fraction of sp³-hybridized carbons (Fsp3) is 0.304. The fourth-order valence-electron chi connectivity index (χ4n) is 3.59. The van der Waals surface area contributed by atoms with Crippen molar-refractivity contribution in [3.63, 3.8) is 0 Å². The third-order valence-corrected chi connectivity index (χ3v) is 5.06. The Kier molecular flexibility index (Phi) is 6.29. The van der Waals surface area contributed by atoms with Gasteiger partial charge in [0.05, 0.1) is 24.6 Å². The van der Waals surface area contributed by atoms with Gasteiger partial charge in [0.15, 0.2) is 11.6 Å². The van der Waals surface area contributed by atoms with Crippen molar-refractivity contribution in [2.75, 3.05) is 7.11 Å². The molecule has 3 aromatic rings. The second kappa shape index (κ2) is 8.64. The molecule has 170 valence electrons. The van der Waals surface area contributed by atoms with Gasteiger partial charge in [-0.15, -0.1) is 0 Å². The van der Waals surface area contributed by atoms with Crippen molar-refractivity contribution in [2.45, 2.75) is 39.4 Å². The number of carbonyl (C=O) groups excluding carboxylic acids is 2. The van der Waals surface area contributed by atoms with Gasteiger partial charge in [-0.05, 0) is 56.7 Å². The van der Waals surface area contributed by atoms with Crippen LogP contribution in [0.4, 0.5) is 17.6 Å². The topological polar surface area (TPSA) is 60.3 Å². The first kappa shape index (κ1) is 23.3. The van der Waals surface area contributed by atoms with Crippen molar-refractivity contribution in [3.05, 3.63) is 64.6 Å². The van der Waals surface area contributed by atoms with E-state index in [1.807, 2.05) is 0 Å². The van der Waals surface area contributed by atoms with Crippen LogP contribution in [0, 0.1) is 12.7 Å². The molecular weight excluding hydrogens is 428 g/mol. The van der Waals surface area contributed by atoms with Crippen molar-refractivity contribution in [2.24, 2.45) is 0 Å². The van der Waals surface area contributed by atoms with Crippen LogP contribution in [-0.4, -0.2) is 29.5 Å². The average molecular weight is 450 g/mol. The minimum absolute atomic E-state index is 0.00703. The molecule has 1 N–H and O–H groups in total. The number of fused-ring (bicyclic) bond motifs is 1. The standard InChI is InChI=1S/C23H22F4N2O3/c1-12(2)28-21(30)10-16-13(3)29(19-11-18(24)20(32-4)9-17(16)19)22(31)14-5-7-15(8-6-14)23(25,26)27/h5-9,11-12H,10H2,1-4H3,(H,28,30). The number of halogens is 4. The highest BCUT2D eigenvalue weighted by Gasteiger charge is 2.30. The Bertz CT molecular complexity index is 1180. The van der Waals surface area contributed by atoms with Crippen molar-refractivity contribution >= 4 is 22.7 Å². The van der Waals surface area contributed by atoms with Gasteiger partial charge in [0.1, 0.15) is 0 Å². The molecule has 3 rings (SSSR count). The van der Waals surface area contributed by atoms with E-state index < -0.39 is 23.5 Å². The highest BCUT2D eigenvalue weighted by atomic mass is 19.4. The monoisotopic (exact) mass is 450 g/mol. The van der Waals surface area contributed by atoms with E-state index in [0.717, 1.165) is 30.3 Å². The van der Waals surface area contributed by atoms with Crippen LogP contribution in [0.5, 0.6) is 5.75 Å². The van der Waals surface area contributed by atoms with Crippen LogP contribution in [-0.2, 0) is 17.4 Å². The Hall–Kier alpha value is -3.36. The summed E-state index contributed by atoms with van der Waals surface area (Å²) in [5.41, 5.74) is 0.184. The number of nitrogens with zero attached hydrogens (tertiary/aromatic N) is 1. The number of amides is 1.